The van der Waals surface area contributed by atoms with Gasteiger partial charge in [0.15, 0.2) is 0 Å². The minimum absolute atomic E-state index is 0.567. The first kappa shape index (κ1) is 13.7. The Balaban J connectivity index is 2.13. The second-order valence-electron chi connectivity index (χ2n) is 4.20. The van der Waals surface area contributed by atoms with E-state index in [9.17, 15) is 0 Å². The smallest absolute Gasteiger partial charge is 0.0232 e. The molecular formula is C15H16BrNS. The third kappa shape index (κ3) is 3.37. The van der Waals surface area contributed by atoms with Crippen LogP contribution in [0.5, 0.6) is 0 Å². The van der Waals surface area contributed by atoms with E-state index in [1.165, 1.54) is 21.6 Å². The summed E-state index contributed by atoms with van der Waals surface area (Å²) in [4.78, 5) is 1.26. The van der Waals surface area contributed by atoms with E-state index >= 15 is 0 Å². The zero-order chi connectivity index (χ0) is 13.0. The number of halogens is 1. The van der Waals surface area contributed by atoms with Gasteiger partial charge in [-0.15, -0.1) is 11.8 Å². The standard InChI is InChI=1S/C15H16BrNS/c1-11-4-2-5-12(8-11)10-18-15-7-3-6-14(16)13(15)9-17/h2-8H,9-10,17H2,1H3. The summed E-state index contributed by atoms with van der Waals surface area (Å²) < 4.78 is 1.10. The predicted octanol–water partition coefficient (Wildman–Crippen LogP) is 4.51. The lowest BCUT2D eigenvalue weighted by molar-refractivity contribution is 1.02. The third-order valence-electron chi connectivity index (χ3n) is 2.76. The van der Waals surface area contributed by atoms with Gasteiger partial charge >= 0.3 is 0 Å². The second-order valence-corrected chi connectivity index (χ2v) is 6.07. The van der Waals surface area contributed by atoms with E-state index in [-0.39, 0.29) is 0 Å². The van der Waals surface area contributed by atoms with Crippen LogP contribution in [0.3, 0.4) is 0 Å². The van der Waals surface area contributed by atoms with E-state index < -0.39 is 0 Å². The van der Waals surface area contributed by atoms with Gasteiger partial charge in [0.1, 0.15) is 0 Å². The fraction of sp³-hybridized carbons (Fsp3) is 0.200. The number of benzene rings is 2. The topological polar surface area (TPSA) is 26.0 Å². The van der Waals surface area contributed by atoms with Gasteiger partial charge in [-0.3, -0.25) is 0 Å². The van der Waals surface area contributed by atoms with Crippen LogP contribution >= 0.6 is 27.7 Å². The van der Waals surface area contributed by atoms with Gasteiger partial charge in [-0.1, -0.05) is 51.8 Å². The van der Waals surface area contributed by atoms with Gasteiger partial charge in [-0.2, -0.15) is 0 Å². The summed E-state index contributed by atoms with van der Waals surface area (Å²) in [6, 6.07) is 14.9. The quantitative estimate of drug-likeness (QED) is 0.838. The van der Waals surface area contributed by atoms with Crippen molar-refractivity contribution in [1.82, 2.24) is 0 Å². The molecule has 94 valence electrons. The molecule has 2 rings (SSSR count). The molecule has 3 heteroatoms. The maximum Gasteiger partial charge on any atom is 0.0232 e. The maximum absolute atomic E-state index is 5.80. The van der Waals surface area contributed by atoms with Crippen molar-refractivity contribution in [2.24, 2.45) is 5.73 Å². The van der Waals surface area contributed by atoms with Crippen molar-refractivity contribution in [3.63, 3.8) is 0 Å². The Morgan fingerprint density at radius 1 is 1.17 bits per heavy atom. The van der Waals surface area contributed by atoms with Gasteiger partial charge in [0.25, 0.3) is 0 Å². The van der Waals surface area contributed by atoms with Gasteiger partial charge in [-0.05, 0) is 30.2 Å². The largest absolute Gasteiger partial charge is 0.326 e. The van der Waals surface area contributed by atoms with E-state index in [1.807, 2.05) is 17.8 Å². The number of thioether (sulfide) groups is 1. The second kappa shape index (κ2) is 6.41. The highest BCUT2D eigenvalue weighted by atomic mass is 79.9. The molecule has 0 atom stereocenters. The van der Waals surface area contributed by atoms with Crippen LogP contribution in [0.4, 0.5) is 0 Å². The van der Waals surface area contributed by atoms with E-state index in [0.717, 1.165) is 10.2 Å². The predicted molar refractivity (Wildman–Crippen MR) is 82.8 cm³/mol. The number of hydrogen-bond acceptors (Lipinski definition) is 2. The van der Waals surface area contributed by atoms with E-state index in [0.29, 0.717) is 6.54 Å². The van der Waals surface area contributed by atoms with Crippen molar-refractivity contribution < 1.29 is 0 Å². The number of rotatable bonds is 4. The van der Waals surface area contributed by atoms with Gasteiger partial charge in [0.05, 0.1) is 0 Å². The van der Waals surface area contributed by atoms with Crippen molar-refractivity contribution in [3.05, 3.63) is 63.6 Å². The molecular weight excluding hydrogens is 306 g/mol. The molecule has 0 bridgehead atoms. The number of nitrogens with two attached hydrogens (primary N) is 1. The Labute approximate surface area is 121 Å². The van der Waals surface area contributed by atoms with E-state index in [4.69, 9.17) is 5.73 Å². The molecule has 0 heterocycles. The zero-order valence-electron chi connectivity index (χ0n) is 10.3. The minimum atomic E-state index is 0.567. The maximum atomic E-state index is 5.80. The molecule has 0 fully saturated rings. The lowest BCUT2D eigenvalue weighted by atomic mass is 10.2. The van der Waals surface area contributed by atoms with Crippen LogP contribution in [-0.4, -0.2) is 0 Å². The van der Waals surface area contributed by atoms with Gasteiger partial charge in [0.2, 0.25) is 0 Å². The molecule has 0 saturated carbocycles. The molecule has 0 unspecified atom stereocenters. The van der Waals surface area contributed by atoms with Crippen LogP contribution in [0.2, 0.25) is 0 Å². The zero-order valence-corrected chi connectivity index (χ0v) is 12.7. The summed E-state index contributed by atoms with van der Waals surface area (Å²) >= 11 is 5.39. The molecule has 0 saturated heterocycles. The molecule has 0 radical (unpaired) electrons. The summed E-state index contributed by atoms with van der Waals surface area (Å²) in [6.45, 7) is 2.69. The molecule has 0 aliphatic rings. The van der Waals surface area contributed by atoms with Gasteiger partial charge in [0, 0.05) is 21.7 Å². The minimum Gasteiger partial charge on any atom is -0.326 e. The molecule has 2 aromatic carbocycles. The van der Waals surface area contributed by atoms with Crippen LogP contribution < -0.4 is 5.73 Å². The van der Waals surface area contributed by atoms with Crippen molar-refractivity contribution in [2.45, 2.75) is 24.1 Å². The monoisotopic (exact) mass is 321 g/mol. The normalized spacial score (nSPS) is 10.6. The molecule has 18 heavy (non-hydrogen) atoms. The molecule has 0 aromatic heterocycles. The van der Waals surface area contributed by atoms with E-state index in [2.05, 4.69) is 59.3 Å². The SMILES string of the molecule is Cc1cccc(CSc2cccc(Br)c2CN)c1. The fourth-order valence-electron chi connectivity index (χ4n) is 1.84. The molecule has 0 aliphatic carbocycles. The summed E-state index contributed by atoms with van der Waals surface area (Å²) in [5.74, 6) is 0.977. The van der Waals surface area contributed by atoms with Crippen LogP contribution in [0.1, 0.15) is 16.7 Å². The molecule has 0 spiro atoms. The Morgan fingerprint density at radius 2 is 1.94 bits per heavy atom. The van der Waals surface area contributed by atoms with Gasteiger partial charge < -0.3 is 5.73 Å². The lowest BCUT2D eigenvalue weighted by Crippen LogP contribution is -1.99. The van der Waals surface area contributed by atoms with Crippen molar-refractivity contribution in [1.29, 1.82) is 0 Å². The van der Waals surface area contributed by atoms with Crippen LogP contribution in [0, 0.1) is 6.92 Å². The fourth-order valence-corrected chi connectivity index (χ4v) is 3.54. The lowest BCUT2D eigenvalue weighted by Gasteiger charge is -2.09. The highest BCUT2D eigenvalue weighted by molar-refractivity contribution is 9.10. The Bertz CT molecular complexity index is 540. The molecule has 1 nitrogen and oxygen atoms in total. The molecule has 2 N–H and O–H groups in total. The number of hydrogen-bond donors (Lipinski definition) is 1. The summed E-state index contributed by atoms with van der Waals surface area (Å²) in [7, 11) is 0. The Hall–Kier alpha value is -0.770. The van der Waals surface area contributed by atoms with Gasteiger partial charge in [-0.25, -0.2) is 0 Å². The van der Waals surface area contributed by atoms with Crippen molar-refractivity contribution in [3.8, 4) is 0 Å². The van der Waals surface area contributed by atoms with Crippen LogP contribution in [0.25, 0.3) is 0 Å². The third-order valence-corrected chi connectivity index (χ3v) is 4.67. The average Bonchev–Trinajstić information content (AvgIpc) is 2.36. The highest BCUT2D eigenvalue weighted by Gasteiger charge is 2.05. The van der Waals surface area contributed by atoms with Crippen molar-refractivity contribution in [2.75, 3.05) is 0 Å². The first-order valence-electron chi connectivity index (χ1n) is 5.86. The first-order valence-corrected chi connectivity index (χ1v) is 7.64. The number of aryl methyl sites for hydroxylation is 1. The summed E-state index contributed by atoms with van der Waals surface area (Å²) in [5.41, 5.74) is 9.65. The molecule has 2 aromatic rings. The van der Waals surface area contributed by atoms with Crippen LogP contribution in [0.15, 0.2) is 51.8 Å². The average molecular weight is 322 g/mol. The molecule has 0 amide bonds. The highest BCUT2D eigenvalue weighted by Crippen LogP contribution is 2.30. The first-order chi connectivity index (χ1) is 8.70. The molecule has 0 aliphatic heterocycles. The van der Waals surface area contributed by atoms with E-state index in [1.54, 1.807) is 0 Å². The van der Waals surface area contributed by atoms with Crippen molar-refractivity contribution >= 4 is 27.7 Å². The Kier molecular flexibility index (Phi) is 4.87. The summed E-state index contributed by atoms with van der Waals surface area (Å²) in [6.07, 6.45) is 0. The summed E-state index contributed by atoms with van der Waals surface area (Å²) in [5, 5.41) is 0. The Morgan fingerprint density at radius 3 is 2.67 bits per heavy atom. The van der Waals surface area contributed by atoms with Crippen LogP contribution in [-0.2, 0) is 12.3 Å².